The topological polar surface area (TPSA) is 12.9 Å². The van der Waals surface area contributed by atoms with Crippen molar-refractivity contribution in [3.05, 3.63) is 52.7 Å². The molecule has 0 N–H and O–H groups in total. The van der Waals surface area contributed by atoms with Gasteiger partial charge in [-0.1, -0.05) is 23.7 Å². The number of nitrogens with zero attached hydrogens (tertiary/aromatic N) is 1. The van der Waals surface area contributed by atoms with Crippen molar-refractivity contribution in [3.63, 3.8) is 0 Å². The molecule has 1 nitrogen and oxygen atoms in total. The second-order valence-corrected chi connectivity index (χ2v) is 4.51. The van der Waals surface area contributed by atoms with Crippen molar-refractivity contribution in [2.45, 2.75) is 12.4 Å². The van der Waals surface area contributed by atoms with E-state index in [1.807, 2.05) is 0 Å². The first-order valence-electron chi connectivity index (χ1n) is 5.50. The van der Waals surface area contributed by atoms with Crippen LogP contribution in [0.3, 0.4) is 0 Å². The van der Waals surface area contributed by atoms with Gasteiger partial charge in [-0.15, -0.1) is 0 Å². The highest BCUT2D eigenvalue weighted by Gasteiger charge is 2.34. The van der Waals surface area contributed by atoms with Gasteiger partial charge in [0, 0.05) is 5.56 Å². The third-order valence-electron chi connectivity index (χ3n) is 2.60. The first-order chi connectivity index (χ1) is 9.59. The van der Waals surface area contributed by atoms with Crippen LogP contribution in [0.4, 0.5) is 26.3 Å². The van der Waals surface area contributed by atoms with E-state index < -0.39 is 23.6 Å². The van der Waals surface area contributed by atoms with Crippen LogP contribution in [0.15, 0.2) is 36.4 Å². The van der Waals surface area contributed by atoms with Crippen molar-refractivity contribution in [1.82, 2.24) is 4.98 Å². The van der Waals surface area contributed by atoms with Gasteiger partial charge in [0.05, 0.1) is 16.3 Å². The summed E-state index contributed by atoms with van der Waals surface area (Å²) in [7, 11) is 0. The lowest BCUT2D eigenvalue weighted by Crippen LogP contribution is -2.09. The molecule has 0 radical (unpaired) electrons. The molecule has 2 aromatic rings. The summed E-state index contributed by atoms with van der Waals surface area (Å²) in [5, 5.41) is -0.165. The lowest BCUT2D eigenvalue weighted by molar-refractivity contribution is -0.141. The van der Waals surface area contributed by atoms with E-state index in [1.54, 1.807) is 0 Å². The van der Waals surface area contributed by atoms with Crippen LogP contribution < -0.4 is 0 Å². The molecule has 1 heterocycles. The maximum atomic E-state index is 12.6. The molecule has 0 amide bonds. The molecule has 0 aliphatic carbocycles. The van der Waals surface area contributed by atoms with Gasteiger partial charge >= 0.3 is 12.4 Å². The van der Waals surface area contributed by atoms with Gasteiger partial charge in [-0.3, -0.25) is 0 Å². The first kappa shape index (κ1) is 15.6. The van der Waals surface area contributed by atoms with Gasteiger partial charge in [-0.05, 0) is 24.3 Å². The Morgan fingerprint density at radius 3 is 2.10 bits per heavy atom. The summed E-state index contributed by atoms with van der Waals surface area (Å²) in [6.45, 7) is 0. The molecule has 112 valence electrons. The minimum absolute atomic E-state index is 0.138. The standard InChI is InChI=1S/C13H6ClF6N/c14-9-4-5-10(13(18,19)20)21-11(9)7-2-1-3-8(6-7)12(15,16)17/h1-6H. The lowest BCUT2D eigenvalue weighted by atomic mass is 10.1. The Morgan fingerprint density at radius 1 is 0.857 bits per heavy atom. The zero-order valence-corrected chi connectivity index (χ0v) is 10.8. The van der Waals surface area contributed by atoms with E-state index >= 15 is 0 Å². The van der Waals surface area contributed by atoms with E-state index in [9.17, 15) is 26.3 Å². The second kappa shape index (κ2) is 5.22. The summed E-state index contributed by atoms with van der Waals surface area (Å²) in [6, 6.07) is 5.42. The van der Waals surface area contributed by atoms with Crippen LogP contribution in [0.25, 0.3) is 11.3 Å². The zero-order chi connectivity index (χ0) is 15.8. The third kappa shape index (κ3) is 3.47. The molecule has 0 aliphatic heterocycles. The van der Waals surface area contributed by atoms with E-state index in [0.29, 0.717) is 12.1 Å². The molecular formula is C13H6ClF6N. The Kier molecular flexibility index (Phi) is 3.88. The fraction of sp³-hybridized carbons (Fsp3) is 0.154. The predicted octanol–water partition coefficient (Wildman–Crippen LogP) is 5.44. The maximum Gasteiger partial charge on any atom is 0.433 e. The van der Waals surface area contributed by atoms with Crippen molar-refractivity contribution in [2.75, 3.05) is 0 Å². The fourth-order valence-corrected chi connectivity index (χ4v) is 1.86. The van der Waals surface area contributed by atoms with E-state index in [2.05, 4.69) is 4.98 Å². The van der Waals surface area contributed by atoms with Crippen LogP contribution in [0.1, 0.15) is 11.3 Å². The molecule has 0 fully saturated rings. The second-order valence-electron chi connectivity index (χ2n) is 4.10. The third-order valence-corrected chi connectivity index (χ3v) is 2.90. The minimum Gasteiger partial charge on any atom is -0.242 e. The minimum atomic E-state index is -4.71. The Morgan fingerprint density at radius 2 is 1.52 bits per heavy atom. The lowest BCUT2D eigenvalue weighted by Gasteiger charge is -2.11. The van der Waals surface area contributed by atoms with E-state index in [-0.39, 0.29) is 16.3 Å². The van der Waals surface area contributed by atoms with Gasteiger partial charge in [-0.25, -0.2) is 4.98 Å². The summed E-state index contributed by atoms with van der Waals surface area (Å²) in [5.74, 6) is 0. The number of hydrogen-bond acceptors (Lipinski definition) is 1. The van der Waals surface area contributed by atoms with E-state index in [1.165, 1.54) is 6.07 Å². The van der Waals surface area contributed by atoms with Crippen LogP contribution in [-0.2, 0) is 12.4 Å². The van der Waals surface area contributed by atoms with Gasteiger partial charge in [0.25, 0.3) is 0 Å². The Labute approximate surface area is 120 Å². The average Bonchev–Trinajstić information content (AvgIpc) is 2.37. The van der Waals surface area contributed by atoms with Crippen LogP contribution in [0.2, 0.25) is 5.02 Å². The summed E-state index contributed by atoms with van der Waals surface area (Å²) in [4.78, 5) is 3.31. The summed E-state index contributed by atoms with van der Waals surface area (Å²) < 4.78 is 75.7. The van der Waals surface area contributed by atoms with Crippen molar-refractivity contribution in [1.29, 1.82) is 0 Å². The van der Waals surface area contributed by atoms with Gasteiger partial charge in [-0.2, -0.15) is 26.3 Å². The molecule has 0 saturated heterocycles. The van der Waals surface area contributed by atoms with Crippen molar-refractivity contribution in [3.8, 4) is 11.3 Å². The summed E-state index contributed by atoms with van der Waals surface area (Å²) in [6.07, 6.45) is -9.31. The van der Waals surface area contributed by atoms with Crippen molar-refractivity contribution < 1.29 is 26.3 Å². The smallest absolute Gasteiger partial charge is 0.242 e. The Balaban J connectivity index is 2.57. The molecule has 0 atom stereocenters. The van der Waals surface area contributed by atoms with Gasteiger partial charge in [0.15, 0.2) is 0 Å². The molecule has 1 aromatic carbocycles. The Hall–Kier alpha value is -1.76. The summed E-state index contributed by atoms with van der Waals surface area (Å²) in [5.41, 5.74) is -2.70. The zero-order valence-electron chi connectivity index (χ0n) is 10.1. The first-order valence-corrected chi connectivity index (χ1v) is 5.88. The SMILES string of the molecule is FC(F)(F)c1cccc(-c2nc(C(F)(F)F)ccc2Cl)c1. The molecule has 1 aromatic heterocycles. The van der Waals surface area contributed by atoms with Gasteiger partial charge in [0.2, 0.25) is 0 Å². The molecule has 0 aliphatic rings. The number of aromatic nitrogens is 1. The number of halogens is 7. The molecular weight excluding hydrogens is 320 g/mol. The highest BCUT2D eigenvalue weighted by Crippen LogP contribution is 2.35. The number of pyridine rings is 1. The fourth-order valence-electron chi connectivity index (χ4n) is 1.65. The molecule has 8 heteroatoms. The predicted molar refractivity (Wildman–Crippen MR) is 64.7 cm³/mol. The van der Waals surface area contributed by atoms with Crippen molar-refractivity contribution in [2.24, 2.45) is 0 Å². The van der Waals surface area contributed by atoms with Crippen LogP contribution in [0, 0.1) is 0 Å². The van der Waals surface area contributed by atoms with Gasteiger partial charge in [0.1, 0.15) is 5.69 Å². The van der Waals surface area contributed by atoms with Crippen LogP contribution in [0.5, 0.6) is 0 Å². The number of benzene rings is 1. The average molecular weight is 326 g/mol. The molecule has 0 spiro atoms. The monoisotopic (exact) mass is 325 g/mol. The quantitative estimate of drug-likeness (QED) is 0.636. The highest BCUT2D eigenvalue weighted by molar-refractivity contribution is 6.33. The van der Waals surface area contributed by atoms with E-state index in [4.69, 9.17) is 11.6 Å². The maximum absolute atomic E-state index is 12.6. The number of alkyl halides is 6. The molecule has 0 bridgehead atoms. The molecule has 21 heavy (non-hydrogen) atoms. The number of rotatable bonds is 1. The molecule has 0 unspecified atom stereocenters. The number of hydrogen-bond donors (Lipinski definition) is 0. The van der Waals surface area contributed by atoms with Crippen LogP contribution in [-0.4, -0.2) is 4.98 Å². The largest absolute Gasteiger partial charge is 0.433 e. The Bertz CT molecular complexity index is 662. The van der Waals surface area contributed by atoms with E-state index in [0.717, 1.165) is 18.2 Å². The molecule has 2 rings (SSSR count). The van der Waals surface area contributed by atoms with Crippen molar-refractivity contribution >= 4 is 11.6 Å². The van der Waals surface area contributed by atoms with Gasteiger partial charge < -0.3 is 0 Å². The molecule has 0 saturated carbocycles. The normalized spacial score (nSPS) is 12.5. The summed E-state index contributed by atoms with van der Waals surface area (Å²) >= 11 is 5.74. The highest BCUT2D eigenvalue weighted by atomic mass is 35.5. The van der Waals surface area contributed by atoms with Crippen LogP contribution >= 0.6 is 11.6 Å².